The summed E-state index contributed by atoms with van der Waals surface area (Å²) >= 11 is 0. The van der Waals surface area contributed by atoms with Crippen molar-refractivity contribution in [3.8, 4) is 23.7 Å². The Kier molecular flexibility index (Phi) is 13.8. The van der Waals surface area contributed by atoms with E-state index in [0.29, 0.717) is 77.3 Å². The quantitative estimate of drug-likeness (QED) is 0.433. The lowest BCUT2D eigenvalue weighted by Crippen LogP contribution is -2.52. The number of benzene rings is 1. The van der Waals surface area contributed by atoms with Crippen LogP contribution in [0.15, 0.2) is 24.3 Å². The van der Waals surface area contributed by atoms with Crippen LogP contribution in [0.25, 0.3) is 0 Å². The van der Waals surface area contributed by atoms with Gasteiger partial charge in [-0.05, 0) is 101 Å². The van der Waals surface area contributed by atoms with Gasteiger partial charge in [0.1, 0.15) is 0 Å². The second kappa shape index (κ2) is 18.7. The maximum atomic E-state index is 12.9. The number of rotatable bonds is 6. The van der Waals surface area contributed by atoms with Crippen LogP contribution in [0.3, 0.4) is 0 Å². The molecule has 2 aliphatic heterocycles. The van der Waals surface area contributed by atoms with Crippen LogP contribution in [-0.4, -0.2) is 122 Å². The molecule has 2 aliphatic carbocycles. The maximum absolute atomic E-state index is 12.9. The normalized spacial score (nSPS) is 23.9. The smallest absolute Gasteiger partial charge is 0.410 e. The van der Waals surface area contributed by atoms with Crippen LogP contribution >= 0.6 is 0 Å². The highest BCUT2D eigenvalue weighted by Gasteiger charge is 2.33. The zero-order chi connectivity index (χ0) is 35.3. The molecule has 12 nitrogen and oxygen atoms in total. The van der Waals surface area contributed by atoms with Gasteiger partial charge in [0.25, 0.3) is 0 Å². The van der Waals surface area contributed by atoms with Gasteiger partial charge in [0, 0.05) is 75.3 Å². The van der Waals surface area contributed by atoms with Crippen molar-refractivity contribution in [1.29, 1.82) is 0 Å². The first kappa shape index (κ1) is 37.0. The van der Waals surface area contributed by atoms with E-state index in [0.717, 1.165) is 62.5 Å². The van der Waals surface area contributed by atoms with Gasteiger partial charge in [0.15, 0.2) is 13.2 Å². The van der Waals surface area contributed by atoms with E-state index in [4.69, 9.17) is 20.9 Å². The number of ether oxygens (including phenoxy) is 2. The van der Waals surface area contributed by atoms with Crippen LogP contribution in [0.2, 0.25) is 0 Å². The second-order valence-corrected chi connectivity index (χ2v) is 13.8. The average Bonchev–Trinajstić information content (AvgIpc) is 3.18. The van der Waals surface area contributed by atoms with E-state index >= 15 is 0 Å². The monoisotopic (exact) mass is 688 g/mol. The number of amides is 4. The van der Waals surface area contributed by atoms with Crippen molar-refractivity contribution in [1.82, 2.24) is 19.6 Å². The van der Waals surface area contributed by atoms with Gasteiger partial charge in [-0.25, -0.2) is 9.59 Å². The minimum Gasteiger partial charge on any atom is -0.436 e. The highest BCUT2D eigenvalue weighted by atomic mass is 16.6. The molecule has 12 heteroatoms. The minimum absolute atomic E-state index is 0.0310. The first-order chi connectivity index (χ1) is 24.3. The first-order valence-electron chi connectivity index (χ1n) is 18.2. The molecule has 0 aromatic heterocycles. The third kappa shape index (κ3) is 10.4. The van der Waals surface area contributed by atoms with Crippen molar-refractivity contribution in [2.75, 3.05) is 78.7 Å². The number of nitrogens with two attached hydrogens (primary N) is 2. The zero-order valence-electron chi connectivity index (χ0n) is 29.2. The standard InChI is InChI=1S/C38H52N6O6/c39-27-31-9-13-33(14-10-31)35(45)41-17-21-43(22-18-41)37(47)49-25-1-3-29-5-7-30(8-6-29)4-2-26-50-38(48)44-23-19-42(20-24-44)36(46)34-15-11-32(28-40)12-16-34/h5-8,31-34H,9-28,39-40H2. The third-order valence-corrected chi connectivity index (χ3v) is 10.6. The molecule has 4 aliphatic rings. The summed E-state index contributed by atoms with van der Waals surface area (Å²) < 4.78 is 10.7. The fourth-order valence-corrected chi connectivity index (χ4v) is 7.32. The van der Waals surface area contributed by atoms with Crippen LogP contribution in [0.4, 0.5) is 9.59 Å². The largest absolute Gasteiger partial charge is 0.436 e. The second-order valence-electron chi connectivity index (χ2n) is 13.8. The first-order valence-corrected chi connectivity index (χ1v) is 18.2. The zero-order valence-corrected chi connectivity index (χ0v) is 29.2. The SMILES string of the molecule is NCC1CCC(C(=O)N2CCN(C(=O)OCC#Cc3ccc(C#CCOC(=O)N4CCN(C(=O)C5CCC(CN)CC5)CC4)cc3)CC2)CC1. The van der Waals surface area contributed by atoms with E-state index in [1.165, 1.54) is 0 Å². The molecule has 4 amide bonds. The van der Waals surface area contributed by atoms with E-state index in [9.17, 15) is 19.2 Å². The number of nitrogens with zero attached hydrogens (tertiary/aromatic N) is 4. The van der Waals surface area contributed by atoms with Gasteiger partial charge in [-0.15, -0.1) is 0 Å². The van der Waals surface area contributed by atoms with Crippen LogP contribution in [0.5, 0.6) is 0 Å². The molecule has 4 fully saturated rings. The highest BCUT2D eigenvalue weighted by molar-refractivity contribution is 5.80. The highest BCUT2D eigenvalue weighted by Crippen LogP contribution is 2.31. The molecule has 2 heterocycles. The Hall–Kier alpha value is -4.26. The number of hydrogen-bond donors (Lipinski definition) is 2. The number of carbonyl (C=O) groups excluding carboxylic acids is 4. The summed E-state index contributed by atoms with van der Waals surface area (Å²) in [6.07, 6.45) is 6.81. The van der Waals surface area contributed by atoms with Gasteiger partial charge in [0.2, 0.25) is 11.8 Å². The summed E-state index contributed by atoms with van der Waals surface area (Å²) in [6.45, 7) is 5.21. The van der Waals surface area contributed by atoms with Gasteiger partial charge < -0.3 is 40.5 Å². The fourth-order valence-electron chi connectivity index (χ4n) is 7.32. The van der Waals surface area contributed by atoms with Crippen molar-refractivity contribution < 1.29 is 28.7 Å². The van der Waals surface area contributed by atoms with E-state index in [2.05, 4.69) is 23.7 Å². The number of piperazine rings is 2. The fraction of sp³-hybridized carbons (Fsp3) is 0.632. The van der Waals surface area contributed by atoms with Gasteiger partial charge in [0.05, 0.1) is 0 Å². The number of carbonyl (C=O) groups is 4. The van der Waals surface area contributed by atoms with Crippen molar-refractivity contribution >= 4 is 24.0 Å². The van der Waals surface area contributed by atoms with Gasteiger partial charge in [-0.1, -0.05) is 23.7 Å². The summed E-state index contributed by atoms with van der Waals surface area (Å²) in [6, 6.07) is 7.31. The summed E-state index contributed by atoms with van der Waals surface area (Å²) in [5, 5.41) is 0. The van der Waals surface area contributed by atoms with Crippen molar-refractivity contribution in [2.24, 2.45) is 35.1 Å². The lowest BCUT2D eigenvalue weighted by Gasteiger charge is -2.37. The van der Waals surface area contributed by atoms with Gasteiger partial charge in [-0.3, -0.25) is 9.59 Å². The lowest BCUT2D eigenvalue weighted by molar-refractivity contribution is -0.139. The minimum atomic E-state index is -0.421. The predicted octanol–water partition coefficient (Wildman–Crippen LogP) is 2.48. The molecule has 4 N–H and O–H groups in total. The van der Waals surface area contributed by atoms with Crippen LogP contribution in [0.1, 0.15) is 62.5 Å². The van der Waals surface area contributed by atoms with Crippen molar-refractivity contribution in [3.63, 3.8) is 0 Å². The summed E-state index contributed by atoms with van der Waals surface area (Å²) in [7, 11) is 0. The maximum Gasteiger partial charge on any atom is 0.410 e. The Balaban J connectivity index is 0.942. The molecule has 270 valence electrons. The molecule has 2 saturated carbocycles. The van der Waals surface area contributed by atoms with E-state index in [-0.39, 0.29) is 36.9 Å². The van der Waals surface area contributed by atoms with Crippen molar-refractivity contribution in [2.45, 2.75) is 51.4 Å². The van der Waals surface area contributed by atoms with Gasteiger partial charge >= 0.3 is 12.2 Å². The van der Waals surface area contributed by atoms with Crippen LogP contribution < -0.4 is 11.5 Å². The summed E-state index contributed by atoms with van der Waals surface area (Å²) in [5.74, 6) is 13.4. The van der Waals surface area contributed by atoms with Crippen molar-refractivity contribution in [3.05, 3.63) is 35.4 Å². The summed E-state index contributed by atoms with van der Waals surface area (Å²) in [4.78, 5) is 57.9. The van der Waals surface area contributed by atoms with E-state index in [1.54, 1.807) is 9.80 Å². The van der Waals surface area contributed by atoms with E-state index in [1.807, 2.05) is 34.1 Å². The third-order valence-electron chi connectivity index (χ3n) is 10.6. The molecule has 1 aromatic carbocycles. The molecule has 0 unspecified atom stereocenters. The Labute approximate surface area is 296 Å². The van der Waals surface area contributed by atoms with Crippen LogP contribution in [0, 0.1) is 47.4 Å². The Morgan fingerprint density at radius 1 is 0.540 bits per heavy atom. The van der Waals surface area contributed by atoms with E-state index < -0.39 is 12.2 Å². The molecular formula is C38H52N6O6. The summed E-state index contributed by atoms with van der Waals surface area (Å²) in [5.41, 5.74) is 13.1. The molecule has 0 atom stereocenters. The Morgan fingerprint density at radius 2 is 0.860 bits per heavy atom. The predicted molar refractivity (Wildman–Crippen MR) is 188 cm³/mol. The van der Waals surface area contributed by atoms with Gasteiger partial charge in [-0.2, -0.15) is 0 Å². The Morgan fingerprint density at radius 3 is 1.18 bits per heavy atom. The molecule has 0 radical (unpaired) electrons. The molecular weight excluding hydrogens is 636 g/mol. The molecule has 0 spiro atoms. The topological polar surface area (TPSA) is 152 Å². The van der Waals surface area contributed by atoms with Crippen LogP contribution in [-0.2, 0) is 19.1 Å². The lowest BCUT2D eigenvalue weighted by atomic mass is 9.81. The molecule has 1 aromatic rings. The Bertz CT molecular complexity index is 1320. The average molecular weight is 689 g/mol. The molecule has 2 saturated heterocycles. The molecule has 5 rings (SSSR count). The molecule has 0 bridgehead atoms. The number of hydrogen-bond acceptors (Lipinski definition) is 8. The molecule has 50 heavy (non-hydrogen) atoms.